The van der Waals surface area contributed by atoms with Crippen molar-refractivity contribution in [2.24, 2.45) is 0 Å². The molecule has 222 valence electrons. The molecule has 0 N–H and O–H groups in total. The quantitative estimate of drug-likeness (QED) is 0.177. The van der Waals surface area contributed by atoms with Crippen LogP contribution in [0.4, 0.5) is 11.4 Å². The summed E-state index contributed by atoms with van der Waals surface area (Å²) in [5, 5.41) is 4.57. The highest BCUT2D eigenvalue weighted by molar-refractivity contribution is 6.12. The van der Waals surface area contributed by atoms with E-state index in [1.807, 2.05) is 36.4 Å². The van der Waals surface area contributed by atoms with Gasteiger partial charge in [0.2, 0.25) is 0 Å². The zero-order valence-corrected chi connectivity index (χ0v) is 25.8. The highest BCUT2D eigenvalue weighted by atomic mass is 15.0. The molecule has 7 aromatic carbocycles. The molecule has 2 aromatic heterocycles. The second kappa shape index (κ2) is 10.9. The molecule has 0 amide bonds. The number of rotatable bonds is 4. The van der Waals surface area contributed by atoms with Crippen LogP contribution in [-0.4, -0.2) is 9.13 Å². The lowest BCUT2D eigenvalue weighted by atomic mass is 9.91. The first-order chi connectivity index (χ1) is 23.7. The van der Waals surface area contributed by atoms with Gasteiger partial charge in [0.1, 0.15) is 0 Å². The Bertz CT molecular complexity index is 2760. The van der Waals surface area contributed by atoms with Gasteiger partial charge in [0.05, 0.1) is 40.9 Å². The highest BCUT2D eigenvalue weighted by Gasteiger charge is 2.21. The topological polar surface area (TPSA) is 18.6 Å². The maximum Gasteiger partial charge on any atom is 0.194 e. The first kappa shape index (κ1) is 27.4. The Morgan fingerprint density at radius 2 is 1.00 bits per heavy atom. The van der Waals surface area contributed by atoms with E-state index in [0.717, 1.165) is 66.5 Å². The Balaban J connectivity index is 1.39. The third kappa shape index (κ3) is 4.07. The van der Waals surface area contributed by atoms with Crippen LogP contribution < -0.4 is 0 Å². The lowest BCUT2D eigenvalue weighted by Crippen LogP contribution is -2.00. The molecule has 0 spiro atoms. The van der Waals surface area contributed by atoms with E-state index < -0.39 is 0 Å². The lowest BCUT2D eigenvalue weighted by Gasteiger charge is -2.20. The van der Waals surface area contributed by atoms with Crippen molar-refractivity contribution in [2.75, 3.05) is 0 Å². The zero-order valence-electron chi connectivity index (χ0n) is 25.8. The predicted molar refractivity (Wildman–Crippen MR) is 199 cm³/mol. The SMILES string of the molecule is [C-]#[N+]c1ccc2c(c1)c1ccccc1n2-c1cccc(-c2ccccc2[N+]#[C-])c1-c1cccc(-n2c3ccccc3c3ccccc32)c1. The normalized spacial score (nSPS) is 11.3. The third-order valence-corrected chi connectivity index (χ3v) is 9.36. The van der Waals surface area contributed by atoms with Crippen LogP contribution in [-0.2, 0) is 0 Å². The summed E-state index contributed by atoms with van der Waals surface area (Å²) in [6.07, 6.45) is 0. The minimum atomic E-state index is 0.610. The molecule has 0 saturated heterocycles. The van der Waals surface area contributed by atoms with E-state index in [0.29, 0.717) is 11.4 Å². The number of aromatic nitrogens is 2. The first-order valence-electron chi connectivity index (χ1n) is 15.8. The van der Waals surface area contributed by atoms with E-state index in [9.17, 15) is 0 Å². The third-order valence-electron chi connectivity index (χ3n) is 9.36. The smallest absolute Gasteiger partial charge is 0.194 e. The molecule has 0 radical (unpaired) electrons. The summed E-state index contributed by atoms with van der Waals surface area (Å²) in [7, 11) is 0. The summed E-state index contributed by atoms with van der Waals surface area (Å²) >= 11 is 0. The Labute approximate surface area is 277 Å². The lowest BCUT2D eigenvalue weighted by molar-refractivity contribution is 1.17. The van der Waals surface area contributed by atoms with E-state index >= 15 is 0 Å². The molecule has 9 rings (SSSR count). The molecule has 0 atom stereocenters. The van der Waals surface area contributed by atoms with Crippen molar-refractivity contribution in [1.82, 2.24) is 9.13 Å². The summed E-state index contributed by atoms with van der Waals surface area (Å²) < 4.78 is 4.65. The molecule has 0 aliphatic rings. The van der Waals surface area contributed by atoms with Crippen LogP contribution in [0.25, 0.3) is 86.9 Å². The van der Waals surface area contributed by atoms with Crippen molar-refractivity contribution in [3.8, 4) is 33.6 Å². The second-order valence-electron chi connectivity index (χ2n) is 11.9. The summed E-state index contributed by atoms with van der Waals surface area (Å²) in [5.41, 5.74) is 11.6. The minimum Gasteiger partial charge on any atom is -0.309 e. The fourth-order valence-corrected chi connectivity index (χ4v) is 7.34. The molecule has 0 unspecified atom stereocenters. The molecular weight excluding hydrogens is 585 g/mol. The van der Waals surface area contributed by atoms with Crippen LogP contribution in [0.15, 0.2) is 158 Å². The van der Waals surface area contributed by atoms with Gasteiger partial charge in [0.15, 0.2) is 11.4 Å². The molecule has 2 heterocycles. The Kier molecular flexibility index (Phi) is 6.22. The van der Waals surface area contributed by atoms with Crippen molar-refractivity contribution >= 4 is 55.0 Å². The molecular formula is C44H26N4. The number of para-hydroxylation sites is 4. The standard InChI is InChI=1S/C44H26N4/c1-45-30-25-26-42-37(28-30)35-18-6-10-23-41(35)48(42)43-24-12-19-36(32-15-3-7-20-38(32)46-2)44(43)29-13-11-14-31(27-29)47-39-21-8-4-16-33(39)34-17-5-9-22-40(34)47/h3-28H. The predicted octanol–water partition coefficient (Wildman–Crippen LogP) is 12.3. The summed E-state index contributed by atoms with van der Waals surface area (Å²) in [6.45, 7) is 15.7. The van der Waals surface area contributed by atoms with Gasteiger partial charge in [0.25, 0.3) is 0 Å². The molecule has 0 fully saturated rings. The van der Waals surface area contributed by atoms with Gasteiger partial charge in [-0.25, -0.2) is 9.69 Å². The number of hydrogen-bond donors (Lipinski definition) is 0. The van der Waals surface area contributed by atoms with Crippen LogP contribution in [0, 0.1) is 13.1 Å². The fraction of sp³-hybridized carbons (Fsp3) is 0. The van der Waals surface area contributed by atoms with Crippen LogP contribution in [0.2, 0.25) is 0 Å². The van der Waals surface area contributed by atoms with Gasteiger partial charge in [-0.3, -0.25) is 0 Å². The van der Waals surface area contributed by atoms with Crippen LogP contribution in [0.1, 0.15) is 0 Å². The fourth-order valence-electron chi connectivity index (χ4n) is 7.34. The summed E-state index contributed by atoms with van der Waals surface area (Å²) in [6, 6.07) is 54.4. The van der Waals surface area contributed by atoms with Crippen LogP contribution in [0.5, 0.6) is 0 Å². The number of fused-ring (bicyclic) bond motifs is 6. The van der Waals surface area contributed by atoms with E-state index in [2.05, 4.69) is 140 Å². The zero-order chi connectivity index (χ0) is 32.2. The number of benzene rings is 7. The molecule has 0 saturated carbocycles. The van der Waals surface area contributed by atoms with E-state index in [4.69, 9.17) is 13.1 Å². The van der Waals surface area contributed by atoms with Gasteiger partial charge in [-0.1, -0.05) is 109 Å². The van der Waals surface area contributed by atoms with Crippen molar-refractivity contribution in [2.45, 2.75) is 0 Å². The van der Waals surface area contributed by atoms with Crippen molar-refractivity contribution in [3.05, 3.63) is 181 Å². The largest absolute Gasteiger partial charge is 0.309 e. The van der Waals surface area contributed by atoms with Crippen molar-refractivity contribution < 1.29 is 0 Å². The highest BCUT2D eigenvalue weighted by Crippen LogP contribution is 2.44. The van der Waals surface area contributed by atoms with Crippen LogP contribution in [0.3, 0.4) is 0 Å². The Morgan fingerprint density at radius 1 is 0.417 bits per heavy atom. The molecule has 4 nitrogen and oxygen atoms in total. The molecule has 4 heteroatoms. The monoisotopic (exact) mass is 610 g/mol. The molecule has 9 aromatic rings. The van der Waals surface area contributed by atoms with Gasteiger partial charge in [-0.2, -0.15) is 0 Å². The summed E-state index contributed by atoms with van der Waals surface area (Å²) in [5.74, 6) is 0. The maximum atomic E-state index is 8.03. The Hall–Kier alpha value is -6.88. The summed E-state index contributed by atoms with van der Waals surface area (Å²) in [4.78, 5) is 7.67. The minimum absolute atomic E-state index is 0.610. The average molecular weight is 611 g/mol. The van der Waals surface area contributed by atoms with E-state index in [-0.39, 0.29) is 0 Å². The molecule has 0 bridgehead atoms. The number of nitrogens with zero attached hydrogens (tertiary/aromatic N) is 4. The Morgan fingerprint density at radius 3 is 1.71 bits per heavy atom. The maximum absolute atomic E-state index is 8.03. The first-order valence-corrected chi connectivity index (χ1v) is 15.8. The van der Waals surface area contributed by atoms with Gasteiger partial charge >= 0.3 is 0 Å². The van der Waals surface area contributed by atoms with Crippen molar-refractivity contribution in [3.63, 3.8) is 0 Å². The second-order valence-corrected chi connectivity index (χ2v) is 11.9. The van der Waals surface area contributed by atoms with Gasteiger partial charge in [-0.15, -0.1) is 0 Å². The van der Waals surface area contributed by atoms with Crippen molar-refractivity contribution in [1.29, 1.82) is 0 Å². The van der Waals surface area contributed by atoms with Gasteiger partial charge in [0, 0.05) is 27.4 Å². The van der Waals surface area contributed by atoms with Gasteiger partial charge in [-0.05, 0) is 70.6 Å². The molecule has 0 aliphatic heterocycles. The van der Waals surface area contributed by atoms with Gasteiger partial charge < -0.3 is 9.13 Å². The molecule has 0 aliphatic carbocycles. The van der Waals surface area contributed by atoms with E-state index in [1.54, 1.807) is 0 Å². The molecule has 48 heavy (non-hydrogen) atoms. The number of hydrogen-bond acceptors (Lipinski definition) is 0. The van der Waals surface area contributed by atoms with E-state index in [1.165, 1.54) is 10.8 Å². The average Bonchev–Trinajstić information content (AvgIpc) is 3.67. The van der Waals surface area contributed by atoms with Crippen LogP contribution >= 0.6 is 0 Å².